The van der Waals surface area contributed by atoms with Crippen LogP contribution in [0.1, 0.15) is 16.1 Å². The second-order valence-electron chi connectivity index (χ2n) is 6.07. The van der Waals surface area contributed by atoms with Crippen LogP contribution in [0.3, 0.4) is 0 Å². The Morgan fingerprint density at radius 3 is 2.78 bits per heavy atom. The molecule has 7 nitrogen and oxygen atoms in total. The highest BCUT2D eigenvalue weighted by Crippen LogP contribution is 2.35. The van der Waals surface area contributed by atoms with Gasteiger partial charge in [0.2, 0.25) is 5.88 Å². The van der Waals surface area contributed by atoms with Crippen LogP contribution >= 0.6 is 0 Å². The van der Waals surface area contributed by atoms with Gasteiger partial charge in [0.1, 0.15) is 5.75 Å². The van der Waals surface area contributed by atoms with E-state index in [9.17, 15) is 9.90 Å². The molecule has 0 saturated carbocycles. The highest BCUT2D eigenvalue weighted by atomic mass is 16.5. The number of amides is 1. The Hall–Kier alpha value is -3.74. The van der Waals surface area contributed by atoms with E-state index < -0.39 is 5.91 Å². The van der Waals surface area contributed by atoms with Crippen molar-refractivity contribution in [1.82, 2.24) is 9.97 Å². The van der Waals surface area contributed by atoms with E-state index in [0.29, 0.717) is 38.8 Å². The van der Waals surface area contributed by atoms with Gasteiger partial charge in [0.15, 0.2) is 5.69 Å². The summed E-state index contributed by atoms with van der Waals surface area (Å²) in [6.07, 6.45) is 0. The van der Waals surface area contributed by atoms with Crippen LogP contribution in [0.4, 0.5) is 5.69 Å². The lowest BCUT2D eigenvalue weighted by atomic mass is 10.1. The monoisotopic (exact) mass is 360 g/mol. The molecule has 0 atom stereocenters. The van der Waals surface area contributed by atoms with Crippen LogP contribution in [-0.4, -0.2) is 28.1 Å². The van der Waals surface area contributed by atoms with Crippen molar-refractivity contribution in [2.24, 2.45) is 10.2 Å². The van der Waals surface area contributed by atoms with Gasteiger partial charge in [-0.3, -0.25) is 9.78 Å². The number of para-hydroxylation sites is 1. The first-order valence-corrected chi connectivity index (χ1v) is 8.28. The zero-order valence-electron chi connectivity index (χ0n) is 14.7. The maximum Gasteiger partial charge on any atom is 0.296 e. The molecule has 0 spiro atoms. The molecule has 0 unspecified atom stereocenters. The van der Waals surface area contributed by atoms with Gasteiger partial charge in [-0.2, -0.15) is 0 Å². The van der Waals surface area contributed by atoms with Gasteiger partial charge in [-0.1, -0.05) is 18.2 Å². The zero-order valence-corrected chi connectivity index (χ0v) is 14.7. The molecule has 27 heavy (non-hydrogen) atoms. The molecule has 0 saturated heterocycles. The minimum Gasteiger partial charge on any atom is -0.497 e. The molecule has 2 heterocycles. The van der Waals surface area contributed by atoms with Gasteiger partial charge in [0.05, 0.1) is 23.7 Å². The number of benzene rings is 2. The van der Waals surface area contributed by atoms with Crippen molar-refractivity contribution < 1.29 is 14.6 Å². The van der Waals surface area contributed by atoms with E-state index in [2.05, 4.69) is 20.2 Å². The van der Waals surface area contributed by atoms with Crippen molar-refractivity contribution in [3.8, 4) is 11.6 Å². The number of carbonyl (C=O) groups excluding carboxylic acids is 1. The molecule has 0 fully saturated rings. The summed E-state index contributed by atoms with van der Waals surface area (Å²) in [4.78, 5) is 20.0. The van der Waals surface area contributed by atoms with E-state index in [-0.39, 0.29) is 11.6 Å². The van der Waals surface area contributed by atoms with Crippen molar-refractivity contribution in [1.29, 1.82) is 0 Å². The lowest BCUT2D eigenvalue weighted by Crippen LogP contribution is -1.99. The molecule has 0 aliphatic rings. The predicted molar refractivity (Wildman–Crippen MR) is 102 cm³/mol. The van der Waals surface area contributed by atoms with Gasteiger partial charge in [-0.25, -0.2) is 0 Å². The third-order valence-electron chi connectivity index (χ3n) is 4.27. The lowest BCUT2D eigenvalue weighted by molar-refractivity contribution is 0.0996. The van der Waals surface area contributed by atoms with E-state index in [1.807, 2.05) is 25.1 Å². The third kappa shape index (κ3) is 2.99. The van der Waals surface area contributed by atoms with E-state index in [0.717, 1.165) is 0 Å². The van der Waals surface area contributed by atoms with Gasteiger partial charge in [0.25, 0.3) is 5.91 Å². The number of aromatic nitrogens is 2. The Morgan fingerprint density at radius 2 is 1.96 bits per heavy atom. The van der Waals surface area contributed by atoms with Crippen LogP contribution in [0.5, 0.6) is 11.6 Å². The number of nitrogens with zero attached hydrogens (tertiary/aromatic N) is 3. The molecule has 2 aromatic carbocycles. The van der Waals surface area contributed by atoms with Gasteiger partial charge in [-0.15, -0.1) is 10.2 Å². The summed E-state index contributed by atoms with van der Waals surface area (Å²) in [7, 11) is 1.56. The first-order chi connectivity index (χ1) is 13.1. The van der Waals surface area contributed by atoms with Crippen LogP contribution in [0.2, 0.25) is 0 Å². The number of carbonyl (C=O) groups is 1. The first kappa shape index (κ1) is 16.7. The number of azo groups is 1. The summed E-state index contributed by atoms with van der Waals surface area (Å²) < 4.78 is 5.24. The van der Waals surface area contributed by atoms with Crippen molar-refractivity contribution in [3.63, 3.8) is 0 Å². The maximum atomic E-state index is 12.7. The molecule has 4 rings (SSSR count). The smallest absolute Gasteiger partial charge is 0.296 e. The number of ether oxygens (including phenoxy) is 1. The van der Waals surface area contributed by atoms with Crippen LogP contribution in [0, 0.1) is 6.92 Å². The number of aromatic amines is 1. The fraction of sp³-hybridized carbons (Fsp3) is 0.100. The number of hydrogen-bond acceptors (Lipinski definition) is 5. The van der Waals surface area contributed by atoms with Gasteiger partial charge in [0, 0.05) is 16.5 Å². The van der Waals surface area contributed by atoms with Gasteiger partial charge < -0.3 is 14.8 Å². The number of hydrogen-bond donors (Lipinski definition) is 2. The molecular weight excluding hydrogens is 344 g/mol. The molecule has 0 radical (unpaired) electrons. The Labute approximate surface area is 154 Å². The molecular formula is C20H16N4O3. The fourth-order valence-electron chi connectivity index (χ4n) is 3.00. The average Bonchev–Trinajstić information content (AvgIpc) is 3.00. The lowest BCUT2D eigenvalue weighted by Gasteiger charge is -2.06. The molecule has 1 amide bonds. The number of aryl methyl sites for hydroxylation is 1. The SMILES string of the molecule is COc1ccc2nc(C)cc(C(=O)N=Nc3c(O)[nH]c4ccccc34)c2c1. The summed E-state index contributed by atoms with van der Waals surface area (Å²) in [5.41, 5.74) is 2.68. The van der Waals surface area contributed by atoms with Crippen LogP contribution in [0.15, 0.2) is 58.8 Å². The molecule has 0 aliphatic carbocycles. The van der Waals surface area contributed by atoms with Gasteiger partial charge >= 0.3 is 0 Å². The number of nitrogens with one attached hydrogen (secondary N) is 1. The molecule has 0 bridgehead atoms. The summed E-state index contributed by atoms with van der Waals surface area (Å²) in [5.74, 6) is -0.0398. The Balaban J connectivity index is 1.78. The van der Waals surface area contributed by atoms with Crippen LogP contribution in [0.25, 0.3) is 21.8 Å². The van der Waals surface area contributed by atoms with Crippen molar-refractivity contribution in [2.75, 3.05) is 7.11 Å². The van der Waals surface area contributed by atoms with Crippen molar-refractivity contribution in [2.45, 2.75) is 6.92 Å². The number of methoxy groups -OCH3 is 1. The Morgan fingerprint density at radius 1 is 1.15 bits per heavy atom. The molecule has 4 aromatic rings. The van der Waals surface area contributed by atoms with Crippen molar-refractivity contribution >= 4 is 33.4 Å². The number of H-pyrrole nitrogens is 1. The Bertz CT molecular complexity index is 1210. The van der Waals surface area contributed by atoms with E-state index >= 15 is 0 Å². The van der Waals surface area contributed by atoms with Gasteiger partial charge in [-0.05, 0) is 37.3 Å². The Kier molecular flexibility index (Phi) is 4.04. The average molecular weight is 360 g/mol. The fourth-order valence-corrected chi connectivity index (χ4v) is 3.00. The summed E-state index contributed by atoms with van der Waals surface area (Å²) in [5, 5.41) is 19.2. The molecule has 134 valence electrons. The zero-order chi connectivity index (χ0) is 19.0. The molecule has 2 N–H and O–H groups in total. The van der Waals surface area contributed by atoms with E-state index in [4.69, 9.17) is 4.74 Å². The summed E-state index contributed by atoms with van der Waals surface area (Å²) in [6, 6.07) is 14.2. The van der Waals surface area contributed by atoms with E-state index in [1.165, 1.54) is 0 Å². The summed E-state index contributed by atoms with van der Waals surface area (Å²) in [6.45, 7) is 1.81. The first-order valence-electron chi connectivity index (χ1n) is 8.28. The highest BCUT2D eigenvalue weighted by molar-refractivity contribution is 6.07. The van der Waals surface area contributed by atoms with Crippen molar-refractivity contribution in [3.05, 3.63) is 59.8 Å². The molecule has 7 heteroatoms. The highest BCUT2D eigenvalue weighted by Gasteiger charge is 2.14. The third-order valence-corrected chi connectivity index (χ3v) is 4.27. The minimum atomic E-state index is -0.525. The number of rotatable bonds is 3. The topological polar surface area (TPSA) is 99.9 Å². The number of aromatic hydroxyl groups is 1. The summed E-state index contributed by atoms with van der Waals surface area (Å²) >= 11 is 0. The molecule has 0 aliphatic heterocycles. The standard InChI is InChI=1S/C20H16N4O3/c1-11-9-15(14-10-12(27-2)7-8-17(14)21-11)19(25)24-23-18-13-5-3-4-6-16(13)22-20(18)26/h3-10,22,26H,1-2H3. The van der Waals surface area contributed by atoms with Crippen LogP contribution < -0.4 is 4.74 Å². The van der Waals surface area contributed by atoms with Crippen LogP contribution in [-0.2, 0) is 0 Å². The predicted octanol–water partition coefficient (Wildman–Crippen LogP) is 4.66. The second-order valence-corrected chi connectivity index (χ2v) is 6.07. The van der Waals surface area contributed by atoms with E-state index in [1.54, 1.807) is 37.4 Å². The largest absolute Gasteiger partial charge is 0.497 e. The normalized spacial score (nSPS) is 11.5. The maximum absolute atomic E-state index is 12.7. The second kappa shape index (κ2) is 6.53. The quantitative estimate of drug-likeness (QED) is 0.519. The number of fused-ring (bicyclic) bond motifs is 2. The number of pyridine rings is 1. The molecule has 2 aromatic heterocycles. The minimum absolute atomic E-state index is 0.134.